The molecule has 6 aromatic heterocycles. The summed E-state index contributed by atoms with van der Waals surface area (Å²) in [5.41, 5.74) is -11.8. The first-order valence-electron chi connectivity index (χ1n) is 35.0. The normalized spacial score (nSPS) is 21.7. The number of nitrogens with zero attached hydrogens (tertiary/aromatic N) is 5. The maximum absolute atomic E-state index is 12.5. The number of aliphatic carboxylic acids is 1. The Bertz CT molecular complexity index is 5440. The summed E-state index contributed by atoms with van der Waals surface area (Å²) in [7, 11) is 11.4. The van der Waals surface area contributed by atoms with E-state index in [9.17, 15) is 113 Å². The fourth-order valence-corrected chi connectivity index (χ4v) is 12.8. The molecule has 13 rings (SSSR count). The highest BCUT2D eigenvalue weighted by Gasteiger charge is 2.49. The van der Waals surface area contributed by atoms with Crippen LogP contribution >= 0.6 is 0 Å². The van der Waals surface area contributed by atoms with Gasteiger partial charge >= 0.3 is 59.7 Å². The number of fused-ring (bicyclic) bond motifs is 7. The van der Waals surface area contributed by atoms with Crippen molar-refractivity contribution >= 4 is 71.2 Å². The van der Waals surface area contributed by atoms with E-state index in [4.69, 9.17) is 42.6 Å². The predicted molar refractivity (Wildman–Crippen MR) is 407 cm³/mol. The number of esters is 9. The number of ketones is 1. The van der Waals surface area contributed by atoms with E-state index in [1.54, 1.807) is 13.8 Å². The van der Waals surface area contributed by atoms with Gasteiger partial charge in [-0.3, -0.25) is 19.2 Å². The molecule has 0 aliphatic carbocycles. The van der Waals surface area contributed by atoms with Crippen molar-refractivity contribution in [3.63, 3.8) is 0 Å². The van der Waals surface area contributed by atoms with Gasteiger partial charge in [-0.15, -0.1) is 0 Å². The Labute approximate surface area is 682 Å². The van der Waals surface area contributed by atoms with Crippen molar-refractivity contribution in [1.82, 2.24) is 29.1 Å². The predicted octanol–water partition coefficient (Wildman–Crippen LogP) is 1.54. The number of rotatable bonds is 12. The van der Waals surface area contributed by atoms with Crippen LogP contribution in [0.3, 0.4) is 0 Å². The van der Waals surface area contributed by atoms with Gasteiger partial charge in [0.05, 0.1) is 115 Å². The largest absolute Gasteiger partial charge is 0.505 e. The zero-order valence-electron chi connectivity index (χ0n) is 66.9. The van der Waals surface area contributed by atoms with Crippen LogP contribution in [0.4, 0.5) is 0 Å². The molecule has 0 spiro atoms. The minimum atomic E-state index is -2.29. The zero-order valence-corrected chi connectivity index (χ0v) is 66.9. The van der Waals surface area contributed by atoms with Gasteiger partial charge in [-0.25, -0.2) is 62.9 Å². The smallest absolute Gasteiger partial charge is 0.356 e. The molecule has 6 aromatic rings. The zero-order chi connectivity index (χ0) is 89.2. The van der Waals surface area contributed by atoms with Crippen LogP contribution in [-0.2, 0) is 166 Å². The second-order valence-electron chi connectivity index (χ2n) is 28.1. The van der Waals surface area contributed by atoms with E-state index in [0.29, 0.717) is 23.2 Å². The van der Waals surface area contributed by atoms with Crippen molar-refractivity contribution in [1.29, 1.82) is 0 Å². The number of pyridine rings is 6. The van der Waals surface area contributed by atoms with E-state index in [0.717, 1.165) is 21.1 Å². The van der Waals surface area contributed by atoms with Crippen molar-refractivity contribution < 1.29 is 175 Å². The van der Waals surface area contributed by atoms with Gasteiger partial charge in [0.2, 0.25) is 17.6 Å². The lowest BCUT2D eigenvalue weighted by atomic mass is 9.84. The van der Waals surface area contributed by atoms with Crippen LogP contribution in [0.25, 0.3) is 5.76 Å². The number of methoxy groups -OCH3 is 9. The van der Waals surface area contributed by atoms with Crippen molar-refractivity contribution in [2.24, 2.45) is 0 Å². The third-order valence-corrected chi connectivity index (χ3v) is 19.9. The number of carboxylic acids is 1. The Kier molecular flexibility index (Phi) is 26.9. The van der Waals surface area contributed by atoms with Crippen LogP contribution in [0.2, 0.25) is 0 Å². The lowest BCUT2D eigenvalue weighted by Gasteiger charge is -2.35. The van der Waals surface area contributed by atoms with Crippen molar-refractivity contribution in [3.05, 3.63) is 174 Å². The molecular formula is C76H98N6O37. The molecule has 0 bridgehead atoms. The molecule has 0 saturated carbocycles. The molecule has 43 nitrogen and oxygen atoms in total. The maximum atomic E-state index is 12.5. The monoisotopic (exact) mass is 1690 g/mol. The molecule has 0 amide bonds. The number of carbonyl (C=O) groups is 11. The fourth-order valence-electron chi connectivity index (χ4n) is 12.8. The number of Topliss-reactive ketones (excluding diaryl/α,β-unsaturated/α-hetero) is 1. The lowest BCUT2D eigenvalue weighted by Crippen LogP contribution is -2.43. The standard InChI is InChI=1S/C15H21NO7.C14H13NO7.C12H15NO6.C12H13NO6.C12H11NO5.C11H11NO6.7H2/c1-14(2,23-6)10-8(15(3,20)13(18)19)7-9(12(17)22-5)16-11(10)21-4;1-14(20)8-3-9-10(16)6(12(18)21-2)4-15(9)11(17)7(8)5-22-13(14)19;2*1-12(16)7-4-8(10(14)18-3)13-9(17-2)6(7)5-19-11(12)15;1-12(17)7-4-8-9(14)2-3-13(8)10(15)6(7)5-18-11(12)16;1-11(16)6-3-7(9(14)17-2)12-8(13)5(6)4-18-10(11)15;;;;;;;/h7,20H,1-6H3,(H,18,19);3,16,20H,4-5H2,1-2H3;4,11,15-16H,5H2,1-3H3;4,16H,5H2,1-3H3;4,17H,2-3,5H2,1H3;3,16H,4H2,1-2H3,(H,12,13);7*1H. The summed E-state index contributed by atoms with van der Waals surface area (Å²) in [6, 6.07) is 7.83. The summed E-state index contributed by atoms with van der Waals surface area (Å²) in [6.07, 6.45) is -1.12. The molecule has 7 atom stereocenters. The fraction of sp³-hybridized carbons (Fsp3) is 0.434. The summed E-state index contributed by atoms with van der Waals surface area (Å²) in [4.78, 5) is 178. The van der Waals surface area contributed by atoms with E-state index in [2.05, 4.69) is 43.6 Å². The number of hydrogen-bond donors (Lipinski definition) is 10. The molecule has 7 aliphatic rings. The molecule has 0 saturated heterocycles. The van der Waals surface area contributed by atoms with E-state index < -0.39 is 122 Å². The second-order valence-corrected chi connectivity index (χ2v) is 28.1. The maximum Gasteiger partial charge on any atom is 0.356 e. The Hall–Kier alpha value is -12.7. The topological polar surface area (TPSA) is 615 Å². The molecule has 0 aromatic carbocycles. The first kappa shape index (κ1) is 91.8. The summed E-state index contributed by atoms with van der Waals surface area (Å²) >= 11 is 0. The Morgan fingerprint density at radius 3 is 1.33 bits per heavy atom. The Morgan fingerprint density at radius 2 is 0.891 bits per heavy atom. The molecule has 10 N–H and O–H groups in total. The highest BCUT2D eigenvalue weighted by atomic mass is 16.6. The van der Waals surface area contributed by atoms with Crippen LogP contribution in [0.1, 0.15) is 197 Å². The van der Waals surface area contributed by atoms with E-state index in [1.807, 2.05) is 0 Å². The van der Waals surface area contributed by atoms with Crippen LogP contribution in [0.5, 0.6) is 17.6 Å². The first-order valence-corrected chi connectivity index (χ1v) is 35.0. The van der Waals surface area contributed by atoms with Crippen LogP contribution in [0, 0.1) is 0 Å². The Balaban J connectivity index is 0.000000749. The lowest BCUT2D eigenvalue weighted by molar-refractivity contribution is -0.228. The summed E-state index contributed by atoms with van der Waals surface area (Å²) in [5, 5.41) is 90.4. The van der Waals surface area contributed by atoms with Crippen molar-refractivity contribution in [2.75, 3.05) is 64.0 Å². The minimum Gasteiger partial charge on any atom is -0.505 e. The first-order chi connectivity index (χ1) is 55.4. The third-order valence-electron chi connectivity index (χ3n) is 19.9. The number of nitrogens with one attached hydrogen (secondary N) is 1. The highest BCUT2D eigenvalue weighted by Crippen LogP contribution is 2.43. The molecule has 0 fully saturated rings. The van der Waals surface area contributed by atoms with E-state index >= 15 is 0 Å². The number of aromatic nitrogens is 6. The van der Waals surface area contributed by atoms with Crippen LogP contribution < -0.4 is 30.9 Å². The van der Waals surface area contributed by atoms with Gasteiger partial charge in [0.15, 0.2) is 62.9 Å². The third kappa shape index (κ3) is 17.4. The minimum absolute atomic E-state index is 0. The number of aliphatic hydroxyl groups is 8. The number of carbonyl (C=O) groups excluding carboxylic acids is 10. The van der Waals surface area contributed by atoms with Gasteiger partial charge < -0.3 is 126 Å². The van der Waals surface area contributed by atoms with Gasteiger partial charge in [-0.2, -0.15) is 0 Å². The van der Waals surface area contributed by atoms with Gasteiger partial charge in [0.25, 0.3) is 16.7 Å². The average Bonchev–Trinajstić information content (AvgIpc) is 1.57. The number of hydrogen-bond acceptors (Lipinski definition) is 39. The molecular weight excluding hydrogens is 1590 g/mol. The van der Waals surface area contributed by atoms with Gasteiger partial charge in [0, 0.05) is 69.0 Å². The van der Waals surface area contributed by atoms with Gasteiger partial charge in [0.1, 0.15) is 43.3 Å². The molecule has 7 unspecified atom stereocenters. The van der Waals surface area contributed by atoms with Crippen molar-refractivity contribution in [3.8, 4) is 17.6 Å². The summed E-state index contributed by atoms with van der Waals surface area (Å²) in [5.74, 6) is -8.76. The molecule has 43 heteroatoms. The highest BCUT2D eigenvalue weighted by molar-refractivity contribution is 5.98. The molecule has 0 radical (unpaired) electrons. The Morgan fingerprint density at radius 1 is 0.504 bits per heavy atom. The van der Waals surface area contributed by atoms with Crippen LogP contribution in [0.15, 0.2) is 56.4 Å². The van der Waals surface area contributed by atoms with Crippen molar-refractivity contribution in [2.45, 2.75) is 153 Å². The average molecular weight is 1690 g/mol. The molecule has 654 valence electrons. The van der Waals surface area contributed by atoms with Crippen LogP contribution in [-0.4, -0.2) is 211 Å². The van der Waals surface area contributed by atoms with E-state index in [1.165, 1.54) is 130 Å². The number of carboxylic acid groups (broad SMARTS) is 1. The number of cyclic esters (lactones) is 4. The number of aromatic amines is 1. The van der Waals surface area contributed by atoms with E-state index in [-0.39, 0.29) is 175 Å². The molecule has 119 heavy (non-hydrogen) atoms. The second kappa shape index (κ2) is 34.8. The molecule has 13 heterocycles. The summed E-state index contributed by atoms with van der Waals surface area (Å²) < 4.78 is 70.3. The number of aliphatic hydroxyl groups excluding tert-OH is 2. The number of ether oxygens (including phenoxy) is 14. The van der Waals surface area contributed by atoms with Gasteiger partial charge in [-0.05, 0) is 91.8 Å². The quantitative estimate of drug-likeness (QED) is 0.0613. The molecule has 7 aliphatic heterocycles. The SMILES string of the molecule is CC1(O)C(=O)OCc2c1cc1n(c2=O)CCC1=O.COC(=O)C1=C(O)c2cc3c(c(=O)n2C1)COC(=O)C3(C)O.COC(=O)c1cc(C(C)(O)C(=O)O)c(C(C)(C)OC)c(OC)n1.COC(=O)c1cc2c(c(=O)[nH]1)COC(=O)C2(C)O.COC(=O)c1cc2c(c(OC)n1)COC(=O)C2(C)O.COC(=O)c1cc2c(c(OC)n1)COC(O)C2(C)O.[HH].[HH].[HH].[HH].[HH].[HH].[HH]. The number of H-pyrrole nitrogens is 1. The van der Waals surface area contributed by atoms with Gasteiger partial charge in [-0.1, -0.05) is 0 Å². The summed E-state index contributed by atoms with van der Waals surface area (Å²) in [6.45, 7) is 10.3.